The van der Waals surface area contributed by atoms with Crippen LogP contribution in [0.1, 0.15) is 5.56 Å². The second kappa shape index (κ2) is 7.25. The zero-order valence-corrected chi connectivity index (χ0v) is 11.8. The highest BCUT2D eigenvalue weighted by Crippen LogP contribution is 2.26. The minimum atomic E-state index is 0.576. The molecule has 0 unspecified atom stereocenters. The average Bonchev–Trinajstić information content (AvgIpc) is 2.23. The Balaban J connectivity index is 2.63. The van der Waals surface area contributed by atoms with Crippen molar-refractivity contribution in [3.05, 3.63) is 28.2 Å². The molecule has 2 nitrogen and oxygen atoms in total. The SMILES string of the molecule is COCCOc1cc(CCBr)ccc1Br. The van der Waals surface area contributed by atoms with Crippen LogP contribution < -0.4 is 4.74 Å². The minimum absolute atomic E-state index is 0.576. The number of benzene rings is 1. The standard InChI is InChI=1S/C11H14Br2O2/c1-14-6-7-15-11-8-9(4-5-12)2-3-10(11)13/h2-3,8H,4-7H2,1H3. The molecule has 0 aliphatic carbocycles. The van der Waals surface area contributed by atoms with E-state index in [4.69, 9.17) is 9.47 Å². The fraction of sp³-hybridized carbons (Fsp3) is 0.455. The van der Waals surface area contributed by atoms with Crippen molar-refractivity contribution >= 4 is 31.9 Å². The van der Waals surface area contributed by atoms with Gasteiger partial charge in [0.05, 0.1) is 11.1 Å². The highest BCUT2D eigenvalue weighted by molar-refractivity contribution is 9.10. The van der Waals surface area contributed by atoms with Gasteiger partial charge in [-0.2, -0.15) is 0 Å². The van der Waals surface area contributed by atoms with Gasteiger partial charge in [-0.3, -0.25) is 0 Å². The van der Waals surface area contributed by atoms with E-state index in [0.717, 1.165) is 22.0 Å². The Bertz CT molecular complexity index is 303. The fourth-order valence-corrected chi connectivity index (χ4v) is 1.98. The largest absolute Gasteiger partial charge is 0.490 e. The molecule has 1 aromatic carbocycles. The molecule has 1 rings (SSSR count). The molecular formula is C11H14Br2O2. The van der Waals surface area contributed by atoms with E-state index in [9.17, 15) is 0 Å². The normalized spacial score (nSPS) is 10.3. The first-order valence-electron chi connectivity index (χ1n) is 4.74. The van der Waals surface area contributed by atoms with Crippen molar-refractivity contribution in [2.24, 2.45) is 0 Å². The molecule has 84 valence electrons. The quantitative estimate of drug-likeness (QED) is 0.585. The van der Waals surface area contributed by atoms with E-state index in [1.807, 2.05) is 6.07 Å². The maximum absolute atomic E-state index is 5.58. The van der Waals surface area contributed by atoms with Gasteiger partial charge in [0, 0.05) is 12.4 Å². The van der Waals surface area contributed by atoms with Crippen molar-refractivity contribution in [2.75, 3.05) is 25.7 Å². The van der Waals surface area contributed by atoms with Crippen molar-refractivity contribution in [1.29, 1.82) is 0 Å². The van der Waals surface area contributed by atoms with E-state index >= 15 is 0 Å². The van der Waals surface area contributed by atoms with Crippen LogP contribution in [0.5, 0.6) is 5.75 Å². The number of ether oxygens (including phenoxy) is 2. The van der Waals surface area contributed by atoms with Gasteiger partial charge in [0.2, 0.25) is 0 Å². The average molecular weight is 338 g/mol. The Hall–Kier alpha value is -0.0600. The van der Waals surface area contributed by atoms with E-state index in [-0.39, 0.29) is 0 Å². The molecule has 0 aromatic heterocycles. The van der Waals surface area contributed by atoms with E-state index in [2.05, 4.69) is 44.0 Å². The Kier molecular flexibility index (Phi) is 6.29. The molecule has 0 spiro atoms. The van der Waals surface area contributed by atoms with E-state index < -0.39 is 0 Å². The van der Waals surface area contributed by atoms with Gasteiger partial charge in [-0.15, -0.1) is 0 Å². The van der Waals surface area contributed by atoms with Gasteiger partial charge in [0.25, 0.3) is 0 Å². The molecule has 0 amide bonds. The summed E-state index contributed by atoms with van der Waals surface area (Å²) in [6.07, 6.45) is 1.01. The van der Waals surface area contributed by atoms with Crippen LogP contribution in [0.3, 0.4) is 0 Å². The maximum Gasteiger partial charge on any atom is 0.133 e. The summed E-state index contributed by atoms with van der Waals surface area (Å²) in [5.74, 6) is 0.880. The lowest BCUT2D eigenvalue weighted by Gasteiger charge is -2.09. The number of aryl methyl sites for hydroxylation is 1. The van der Waals surface area contributed by atoms with Gasteiger partial charge in [-0.05, 0) is 40.0 Å². The molecule has 0 fully saturated rings. The summed E-state index contributed by atoms with van der Waals surface area (Å²) in [6, 6.07) is 6.16. The zero-order chi connectivity index (χ0) is 11.1. The number of halogens is 2. The molecule has 0 aliphatic rings. The Labute approximate surface area is 107 Å². The third-order valence-electron chi connectivity index (χ3n) is 1.92. The van der Waals surface area contributed by atoms with Crippen LogP contribution in [0, 0.1) is 0 Å². The van der Waals surface area contributed by atoms with E-state index in [1.54, 1.807) is 7.11 Å². The van der Waals surface area contributed by atoms with Crippen LogP contribution >= 0.6 is 31.9 Å². The van der Waals surface area contributed by atoms with Crippen molar-refractivity contribution < 1.29 is 9.47 Å². The maximum atomic E-state index is 5.58. The third-order valence-corrected chi connectivity index (χ3v) is 2.98. The van der Waals surface area contributed by atoms with E-state index in [0.29, 0.717) is 13.2 Å². The zero-order valence-electron chi connectivity index (χ0n) is 8.63. The molecule has 0 aliphatic heterocycles. The number of rotatable bonds is 6. The van der Waals surface area contributed by atoms with Gasteiger partial charge in [-0.1, -0.05) is 22.0 Å². The topological polar surface area (TPSA) is 18.5 Å². The van der Waals surface area contributed by atoms with Crippen LogP contribution in [-0.2, 0) is 11.2 Å². The highest BCUT2D eigenvalue weighted by Gasteiger charge is 2.02. The van der Waals surface area contributed by atoms with E-state index in [1.165, 1.54) is 5.56 Å². The Morgan fingerprint density at radius 3 is 2.73 bits per heavy atom. The number of alkyl halides is 1. The van der Waals surface area contributed by atoms with Crippen molar-refractivity contribution in [3.8, 4) is 5.75 Å². The van der Waals surface area contributed by atoms with Crippen LogP contribution in [0.15, 0.2) is 22.7 Å². The summed E-state index contributed by atoms with van der Waals surface area (Å²) < 4.78 is 11.5. The first-order chi connectivity index (χ1) is 7.27. The lowest BCUT2D eigenvalue weighted by Crippen LogP contribution is -2.05. The second-order valence-electron chi connectivity index (χ2n) is 3.05. The smallest absolute Gasteiger partial charge is 0.133 e. The molecule has 0 bridgehead atoms. The third kappa shape index (κ3) is 4.53. The van der Waals surface area contributed by atoms with Crippen molar-refractivity contribution in [2.45, 2.75) is 6.42 Å². The summed E-state index contributed by atoms with van der Waals surface area (Å²) in [4.78, 5) is 0. The van der Waals surface area contributed by atoms with Crippen LogP contribution in [0.4, 0.5) is 0 Å². The predicted octanol–water partition coefficient (Wildman–Crippen LogP) is 3.41. The van der Waals surface area contributed by atoms with Crippen LogP contribution in [-0.4, -0.2) is 25.7 Å². The Morgan fingerprint density at radius 2 is 2.07 bits per heavy atom. The summed E-state index contributed by atoms with van der Waals surface area (Å²) in [6.45, 7) is 1.18. The highest BCUT2D eigenvalue weighted by atomic mass is 79.9. The lowest BCUT2D eigenvalue weighted by molar-refractivity contribution is 0.146. The summed E-state index contributed by atoms with van der Waals surface area (Å²) in [5, 5.41) is 0.964. The minimum Gasteiger partial charge on any atom is -0.490 e. The van der Waals surface area contributed by atoms with Gasteiger partial charge >= 0.3 is 0 Å². The van der Waals surface area contributed by atoms with Gasteiger partial charge < -0.3 is 9.47 Å². The molecule has 0 saturated heterocycles. The molecular weight excluding hydrogens is 324 g/mol. The van der Waals surface area contributed by atoms with Crippen molar-refractivity contribution in [3.63, 3.8) is 0 Å². The number of hydrogen-bond donors (Lipinski definition) is 0. The molecule has 0 N–H and O–H groups in total. The summed E-state index contributed by atoms with van der Waals surface area (Å²) in [5.41, 5.74) is 1.27. The molecule has 1 aromatic rings. The monoisotopic (exact) mass is 336 g/mol. The summed E-state index contributed by atoms with van der Waals surface area (Å²) >= 11 is 6.88. The van der Waals surface area contributed by atoms with Crippen LogP contribution in [0.25, 0.3) is 0 Å². The van der Waals surface area contributed by atoms with Crippen LogP contribution in [0.2, 0.25) is 0 Å². The summed E-state index contributed by atoms with van der Waals surface area (Å²) in [7, 11) is 1.67. The second-order valence-corrected chi connectivity index (χ2v) is 4.69. The fourth-order valence-electron chi connectivity index (χ4n) is 1.16. The molecule has 0 radical (unpaired) electrons. The predicted molar refractivity (Wildman–Crippen MR) is 69.0 cm³/mol. The number of methoxy groups -OCH3 is 1. The molecule has 0 heterocycles. The van der Waals surface area contributed by atoms with Crippen molar-refractivity contribution in [1.82, 2.24) is 0 Å². The lowest BCUT2D eigenvalue weighted by atomic mass is 10.2. The first kappa shape index (κ1) is 13.0. The first-order valence-corrected chi connectivity index (χ1v) is 6.65. The van der Waals surface area contributed by atoms with Gasteiger partial charge in [0.15, 0.2) is 0 Å². The molecule has 0 saturated carbocycles. The van der Waals surface area contributed by atoms with Gasteiger partial charge in [0.1, 0.15) is 12.4 Å². The molecule has 0 atom stereocenters. The molecule has 15 heavy (non-hydrogen) atoms. The molecule has 4 heteroatoms. The Morgan fingerprint density at radius 1 is 1.27 bits per heavy atom. The number of hydrogen-bond acceptors (Lipinski definition) is 2. The van der Waals surface area contributed by atoms with Gasteiger partial charge in [-0.25, -0.2) is 0 Å².